The fourth-order valence-corrected chi connectivity index (χ4v) is 2.88. The Kier molecular flexibility index (Phi) is 2.63. The van der Waals surface area contributed by atoms with Crippen molar-refractivity contribution >= 4 is 5.57 Å². The molecule has 1 N–H and O–H groups in total. The predicted molar refractivity (Wildman–Crippen MR) is 68.0 cm³/mol. The second-order valence-corrected chi connectivity index (χ2v) is 4.92. The highest BCUT2D eigenvalue weighted by atomic mass is 16.5. The molecule has 0 radical (unpaired) electrons. The molecule has 1 aliphatic carbocycles. The van der Waals surface area contributed by atoms with Crippen LogP contribution in [0.4, 0.5) is 0 Å². The minimum Gasteiger partial charge on any atom is -0.495 e. The Bertz CT molecular complexity index is 467. The maximum Gasteiger partial charge on any atom is 0.140 e. The molecule has 2 aliphatic rings. The molecule has 1 aliphatic heterocycles. The second kappa shape index (κ2) is 4.15. The minimum atomic E-state index is 0.650. The van der Waals surface area contributed by atoms with E-state index >= 15 is 0 Å². The van der Waals surface area contributed by atoms with E-state index in [1.165, 1.54) is 17.6 Å². The summed E-state index contributed by atoms with van der Waals surface area (Å²) in [6.07, 6.45) is 6.77. The summed E-state index contributed by atoms with van der Waals surface area (Å²) in [5.41, 5.74) is 3.58. The van der Waals surface area contributed by atoms with Crippen molar-refractivity contribution in [3.63, 3.8) is 0 Å². The van der Waals surface area contributed by atoms with Crippen LogP contribution >= 0.6 is 0 Å². The lowest BCUT2D eigenvalue weighted by Crippen LogP contribution is -2.22. The number of methoxy groups -OCH3 is 1. The van der Waals surface area contributed by atoms with Gasteiger partial charge in [0.1, 0.15) is 5.75 Å². The van der Waals surface area contributed by atoms with E-state index in [1.807, 2.05) is 13.1 Å². The van der Waals surface area contributed by atoms with Crippen LogP contribution in [-0.2, 0) is 0 Å². The Balaban J connectivity index is 1.90. The fraction of sp³-hybridized carbons (Fsp3) is 0.500. The Morgan fingerprint density at radius 2 is 2.35 bits per heavy atom. The second-order valence-electron chi connectivity index (χ2n) is 4.92. The summed E-state index contributed by atoms with van der Waals surface area (Å²) >= 11 is 0. The Morgan fingerprint density at radius 3 is 3.12 bits per heavy atom. The van der Waals surface area contributed by atoms with Crippen molar-refractivity contribution in [3.8, 4) is 5.75 Å². The molecule has 17 heavy (non-hydrogen) atoms. The van der Waals surface area contributed by atoms with E-state index in [0.717, 1.165) is 30.3 Å². The number of hydrogen-bond acceptors (Lipinski definition) is 3. The summed E-state index contributed by atoms with van der Waals surface area (Å²) in [7, 11) is 1.70. The molecule has 3 rings (SSSR count). The molecular formula is C14H18N2O. The van der Waals surface area contributed by atoms with Gasteiger partial charge < -0.3 is 10.1 Å². The van der Waals surface area contributed by atoms with Crippen molar-refractivity contribution in [2.24, 2.45) is 5.92 Å². The zero-order valence-electron chi connectivity index (χ0n) is 10.4. The van der Waals surface area contributed by atoms with Crippen LogP contribution in [0.3, 0.4) is 0 Å². The molecule has 0 unspecified atom stereocenters. The van der Waals surface area contributed by atoms with Gasteiger partial charge in [0, 0.05) is 12.2 Å². The lowest BCUT2D eigenvalue weighted by molar-refractivity contribution is 0.409. The Hall–Kier alpha value is -1.35. The van der Waals surface area contributed by atoms with E-state index < -0.39 is 0 Å². The number of nitrogens with zero attached hydrogens (tertiary/aromatic N) is 1. The van der Waals surface area contributed by atoms with Gasteiger partial charge in [0.05, 0.1) is 12.8 Å². The molecular weight excluding hydrogens is 212 g/mol. The predicted octanol–water partition coefficient (Wildman–Crippen LogP) is 2.16. The van der Waals surface area contributed by atoms with Gasteiger partial charge in [0.15, 0.2) is 0 Å². The van der Waals surface area contributed by atoms with Crippen LogP contribution in [0, 0.1) is 12.8 Å². The van der Waals surface area contributed by atoms with E-state index in [2.05, 4.69) is 22.4 Å². The first kappa shape index (κ1) is 10.8. The van der Waals surface area contributed by atoms with Gasteiger partial charge in [-0.2, -0.15) is 0 Å². The normalized spacial score (nSPS) is 26.8. The summed E-state index contributed by atoms with van der Waals surface area (Å²) in [6.45, 7) is 3.14. The Morgan fingerprint density at radius 1 is 1.47 bits per heavy atom. The molecule has 3 nitrogen and oxygen atoms in total. The van der Waals surface area contributed by atoms with Gasteiger partial charge in [-0.25, -0.2) is 0 Å². The van der Waals surface area contributed by atoms with Gasteiger partial charge in [-0.1, -0.05) is 6.08 Å². The first-order valence-corrected chi connectivity index (χ1v) is 6.23. The molecule has 90 valence electrons. The minimum absolute atomic E-state index is 0.650. The summed E-state index contributed by atoms with van der Waals surface area (Å²) in [6, 6.07) is 2.76. The first-order valence-electron chi connectivity index (χ1n) is 6.23. The van der Waals surface area contributed by atoms with Gasteiger partial charge >= 0.3 is 0 Å². The molecule has 0 bridgehead atoms. The maximum absolute atomic E-state index is 5.33. The summed E-state index contributed by atoms with van der Waals surface area (Å²) in [5, 5.41) is 3.55. The Labute approximate surface area is 102 Å². The zero-order chi connectivity index (χ0) is 11.8. The molecule has 1 aromatic rings. The first-order chi connectivity index (χ1) is 8.28. The van der Waals surface area contributed by atoms with Gasteiger partial charge in [-0.15, -0.1) is 0 Å². The van der Waals surface area contributed by atoms with Gasteiger partial charge in [-0.3, -0.25) is 4.98 Å². The van der Waals surface area contributed by atoms with Crippen LogP contribution in [-0.4, -0.2) is 24.7 Å². The molecule has 0 amide bonds. The van der Waals surface area contributed by atoms with Crippen molar-refractivity contribution in [1.82, 2.24) is 10.3 Å². The van der Waals surface area contributed by atoms with Crippen molar-refractivity contribution < 1.29 is 4.74 Å². The summed E-state index contributed by atoms with van der Waals surface area (Å²) in [5.74, 6) is 1.60. The number of aromatic nitrogens is 1. The van der Waals surface area contributed by atoms with Crippen LogP contribution in [0.15, 0.2) is 18.3 Å². The van der Waals surface area contributed by atoms with E-state index in [9.17, 15) is 0 Å². The quantitative estimate of drug-likeness (QED) is 0.845. The SMILES string of the molecule is COc1cc(C2=C[C@H]3CCN[C@H]3C2)cnc1C. The summed E-state index contributed by atoms with van der Waals surface area (Å²) in [4.78, 5) is 4.40. The molecule has 0 saturated carbocycles. The lowest BCUT2D eigenvalue weighted by atomic mass is 10.1. The van der Waals surface area contributed by atoms with Crippen LogP contribution in [0.2, 0.25) is 0 Å². The third kappa shape index (κ3) is 1.84. The van der Waals surface area contributed by atoms with Crippen molar-refractivity contribution in [3.05, 3.63) is 29.6 Å². The summed E-state index contributed by atoms with van der Waals surface area (Å²) < 4.78 is 5.33. The van der Waals surface area contributed by atoms with Crippen LogP contribution in [0.1, 0.15) is 24.1 Å². The number of rotatable bonds is 2. The highest BCUT2D eigenvalue weighted by molar-refractivity contribution is 5.69. The molecule has 2 heterocycles. The third-order valence-corrected chi connectivity index (χ3v) is 3.89. The van der Waals surface area contributed by atoms with E-state index in [-0.39, 0.29) is 0 Å². The zero-order valence-corrected chi connectivity index (χ0v) is 10.4. The average Bonchev–Trinajstić information content (AvgIpc) is 2.90. The van der Waals surface area contributed by atoms with Crippen LogP contribution < -0.4 is 10.1 Å². The number of fused-ring (bicyclic) bond motifs is 1. The largest absolute Gasteiger partial charge is 0.495 e. The monoisotopic (exact) mass is 230 g/mol. The van der Waals surface area contributed by atoms with Gasteiger partial charge in [0.25, 0.3) is 0 Å². The van der Waals surface area contributed by atoms with E-state index in [0.29, 0.717) is 6.04 Å². The molecule has 1 aromatic heterocycles. The number of hydrogen-bond donors (Lipinski definition) is 1. The standard InChI is InChI=1S/C14H18N2O/c1-9-14(17-2)7-12(8-16-9)11-5-10-3-4-15-13(10)6-11/h5,7-8,10,13,15H,3-4,6H2,1-2H3/t10-,13+/m1/s1. The van der Waals surface area contributed by atoms with Crippen molar-refractivity contribution in [2.45, 2.75) is 25.8 Å². The van der Waals surface area contributed by atoms with Crippen LogP contribution in [0.25, 0.3) is 5.57 Å². The molecule has 2 atom stereocenters. The molecule has 1 saturated heterocycles. The number of aryl methyl sites for hydroxylation is 1. The van der Waals surface area contributed by atoms with E-state index in [4.69, 9.17) is 4.74 Å². The highest BCUT2D eigenvalue weighted by Gasteiger charge is 2.31. The molecule has 3 heteroatoms. The number of nitrogens with one attached hydrogen (secondary N) is 1. The fourth-order valence-electron chi connectivity index (χ4n) is 2.88. The van der Waals surface area contributed by atoms with Gasteiger partial charge in [-0.05, 0) is 49.4 Å². The lowest BCUT2D eigenvalue weighted by Gasteiger charge is -2.10. The van der Waals surface area contributed by atoms with Crippen molar-refractivity contribution in [1.29, 1.82) is 0 Å². The maximum atomic E-state index is 5.33. The molecule has 1 fully saturated rings. The van der Waals surface area contributed by atoms with Crippen molar-refractivity contribution in [2.75, 3.05) is 13.7 Å². The molecule has 0 spiro atoms. The number of ether oxygens (including phenoxy) is 1. The number of pyridine rings is 1. The van der Waals surface area contributed by atoms with E-state index in [1.54, 1.807) is 7.11 Å². The smallest absolute Gasteiger partial charge is 0.140 e. The topological polar surface area (TPSA) is 34.1 Å². The van der Waals surface area contributed by atoms with Gasteiger partial charge in [0.2, 0.25) is 0 Å². The van der Waals surface area contributed by atoms with Crippen LogP contribution in [0.5, 0.6) is 5.75 Å². The highest BCUT2D eigenvalue weighted by Crippen LogP contribution is 2.36. The molecule has 0 aromatic carbocycles. The third-order valence-electron chi connectivity index (χ3n) is 3.89. The average molecular weight is 230 g/mol.